The van der Waals surface area contributed by atoms with E-state index in [0.717, 1.165) is 25.7 Å². The Labute approximate surface area is 148 Å². The second-order valence-corrected chi connectivity index (χ2v) is 6.37. The van der Waals surface area contributed by atoms with Gasteiger partial charge in [0.05, 0.1) is 15.0 Å². The molecule has 1 aliphatic rings. The van der Waals surface area contributed by atoms with E-state index < -0.39 is 4.92 Å². The van der Waals surface area contributed by atoms with Crippen LogP contribution < -0.4 is 10.6 Å². The van der Waals surface area contributed by atoms with Crippen molar-refractivity contribution >= 4 is 46.2 Å². The van der Waals surface area contributed by atoms with Gasteiger partial charge in [-0.1, -0.05) is 36.0 Å². The number of rotatable bonds is 5. The molecule has 24 heavy (non-hydrogen) atoms. The molecule has 0 atom stereocenters. The lowest BCUT2D eigenvalue weighted by Crippen LogP contribution is -2.17. The van der Waals surface area contributed by atoms with Crippen LogP contribution in [-0.4, -0.2) is 20.9 Å². The van der Waals surface area contributed by atoms with Crippen molar-refractivity contribution in [3.05, 3.63) is 44.7 Å². The van der Waals surface area contributed by atoms with E-state index in [1.165, 1.54) is 6.33 Å². The van der Waals surface area contributed by atoms with E-state index in [9.17, 15) is 10.1 Å². The highest BCUT2D eigenvalue weighted by Gasteiger charge is 2.26. The van der Waals surface area contributed by atoms with Gasteiger partial charge < -0.3 is 10.6 Å². The molecule has 126 valence electrons. The van der Waals surface area contributed by atoms with Gasteiger partial charge in [-0.3, -0.25) is 10.1 Å². The van der Waals surface area contributed by atoms with Crippen molar-refractivity contribution in [1.82, 2.24) is 9.97 Å². The maximum absolute atomic E-state index is 11.5. The van der Waals surface area contributed by atoms with Crippen LogP contribution in [0.15, 0.2) is 24.5 Å². The number of benzene rings is 1. The van der Waals surface area contributed by atoms with E-state index in [-0.39, 0.29) is 23.4 Å². The molecule has 0 bridgehead atoms. The van der Waals surface area contributed by atoms with E-state index in [1.807, 2.05) is 0 Å². The minimum absolute atomic E-state index is 0.105. The molecule has 2 aromatic rings. The van der Waals surface area contributed by atoms with Crippen LogP contribution in [0.5, 0.6) is 0 Å². The summed E-state index contributed by atoms with van der Waals surface area (Å²) in [7, 11) is 0. The first-order valence-electron chi connectivity index (χ1n) is 7.52. The van der Waals surface area contributed by atoms with Crippen molar-refractivity contribution in [1.29, 1.82) is 0 Å². The summed E-state index contributed by atoms with van der Waals surface area (Å²) in [5.74, 6) is 0.332. The first-order valence-corrected chi connectivity index (χ1v) is 8.28. The number of nitrogens with zero attached hydrogens (tertiary/aromatic N) is 3. The Bertz CT molecular complexity index is 766. The number of hydrogen-bond acceptors (Lipinski definition) is 6. The van der Waals surface area contributed by atoms with Gasteiger partial charge in [0.2, 0.25) is 11.6 Å². The van der Waals surface area contributed by atoms with Crippen molar-refractivity contribution in [3.63, 3.8) is 0 Å². The molecule has 7 nitrogen and oxygen atoms in total. The van der Waals surface area contributed by atoms with Gasteiger partial charge >= 0.3 is 5.69 Å². The first-order chi connectivity index (χ1) is 11.5. The van der Waals surface area contributed by atoms with E-state index in [0.29, 0.717) is 15.7 Å². The fourth-order valence-electron chi connectivity index (χ4n) is 2.72. The maximum Gasteiger partial charge on any atom is 0.353 e. The van der Waals surface area contributed by atoms with Gasteiger partial charge in [0.15, 0.2) is 0 Å². The van der Waals surface area contributed by atoms with Crippen LogP contribution >= 0.6 is 23.2 Å². The predicted octanol–water partition coefficient (Wildman–Crippen LogP) is 4.79. The summed E-state index contributed by atoms with van der Waals surface area (Å²) in [6.07, 6.45) is 5.49. The normalized spacial score (nSPS) is 14.6. The molecule has 0 aliphatic heterocycles. The molecule has 0 unspecified atom stereocenters. The Morgan fingerprint density at radius 2 is 1.83 bits per heavy atom. The van der Waals surface area contributed by atoms with Crippen molar-refractivity contribution in [3.8, 4) is 0 Å². The lowest BCUT2D eigenvalue weighted by Gasteiger charge is -2.14. The molecule has 1 fully saturated rings. The van der Waals surface area contributed by atoms with Crippen molar-refractivity contribution in [2.75, 3.05) is 10.6 Å². The third kappa shape index (κ3) is 3.68. The van der Waals surface area contributed by atoms with Gasteiger partial charge in [0.1, 0.15) is 6.33 Å². The Morgan fingerprint density at radius 1 is 1.12 bits per heavy atom. The summed E-state index contributed by atoms with van der Waals surface area (Å²) in [6.45, 7) is 0. The minimum Gasteiger partial charge on any atom is -0.361 e. The Morgan fingerprint density at radius 3 is 2.50 bits per heavy atom. The van der Waals surface area contributed by atoms with E-state index in [1.54, 1.807) is 18.2 Å². The topological polar surface area (TPSA) is 93.0 Å². The zero-order chi connectivity index (χ0) is 17.1. The van der Waals surface area contributed by atoms with Gasteiger partial charge in [0.25, 0.3) is 0 Å². The molecule has 0 saturated heterocycles. The summed E-state index contributed by atoms with van der Waals surface area (Å²) < 4.78 is 0. The minimum atomic E-state index is -0.489. The molecule has 0 spiro atoms. The molecule has 9 heteroatoms. The number of anilines is 3. The van der Waals surface area contributed by atoms with Gasteiger partial charge in [-0.05, 0) is 31.0 Å². The SMILES string of the molecule is O=[N+]([O-])c1c(Nc2ccc(Cl)c(Cl)c2)ncnc1NC1CCCC1. The second-order valence-electron chi connectivity index (χ2n) is 5.56. The fourth-order valence-corrected chi connectivity index (χ4v) is 3.02. The van der Waals surface area contributed by atoms with Gasteiger partial charge in [-0.15, -0.1) is 0 Å². The number of nitrogens with one attached hydrogen (secondary N) is 2. The molecule has 1 heterocycles. The molecule has 1 aliphatic carbocycles. The van der Waals surface area contributed by atoms with Crippen LogP contribution in [0.1, 0.15) is 25.7 Å². The van der Waals surface area contributed by atoms with E-state index in [4.69, 9.17) is 23.2 Å². The fraction of sp³-hybridized carbons (Fsp3) is 0.333. The molecule has 0 radical (unpaired) electrons. The molecule has 1 aromatic carbocycles. The first kappa shape index (κ1) is 16.7. The lowest BCUT2D eigenvalue weighted by molar-refractivity contribution is -0.383. The monoisotopic (exact) mass is 367 g/mol. The van der Waals surface area contributed by atoms with Crippen LogP contribution in [0.25, 0.3) is 0 Å². The third-order valence-corrected chi connectivity index (χ3v) is 4.62. The Hall–Kier alpha value is -2.12. The molecule has 1 aromatic heterocycles. The summed E-state index contributed by atoms with van der Waals surface area (Å²) >= 11 is 11.9. The predicted molar refractivity (Wildman–Crippen MR) is 94.3 cm³/mol. The van der Waals surface area contributed by atoms with Gasteiger partial charge in [-0.2, -0.15) is 0 Å². The number of aromatic nitrogens is 2. The van der Waals surface area contributed by atoms with E-state index in [2.05, 4.69) is 20.6 Å². The van der Waals surface area contributed by atoms with Gasteiger partial charge in [0, 0.05) is 11.7 Å². The quantitative estimate of drug-likeness (QED) is 0.582. The summed E-state index contributed by atoms with van der Waals surface area (Å²) in [4.78, 5) is 19.1. The summed E-state index contributed by atoms with van der Waals surface area (Å²) in [5, 5.41) is 18.4. The molecular weight excluding hydrogens is 353 g/mol. The standard InChI is InChI=1S/C15H15Cl2N5O2/c16-11-6-5-10(7-12(11)17)21-15-13(22(23)24)14(18-8-19-15)20-9-3-1-2-4-9/h5-9H,1-4H2,(H2,18,19,20,21). The Kier molecular flexibility index (Phi) is 5.01. The largest absolute Gasteiger partial charge is 0.361 e. The van der Waals surface area contributed by atoms with Crippen molar-refractivity contribution in [2.45, 2.75) is 31.7 Å². The van der Waals surface area contributed by atoms with Gasteiger partial charge in [-0.25, -0.2) is 9.97 Å². The third-order valence-electron chi connectivity index (χ3n) is 3.88. The molecule has 0 amide bonds. The number of hydrogen-bond donors (Lipinski definition) is 2. The van der Waals surface area contributed by atoms with Crippen LogP contribution in [0.2, 0.25) is 10.0 Å². The van der Waals surface area contributed by atoms with Crippen LogP contribution in [-0.2, 0) is 0 Å². The molecular formula is C15H15Cl2N5O2. The highest BCUT2D eigenvalue weighted by Crippen LogP contribution is 2.34. The second kappa shape index (κ2) is 7.19. The summed E-state index contributed by atoms with van der Waals surface area (Å²) in [5.41, 5.74) is 0.369. The highest BCUT2D eigenvalue weighted by atomic mass is 35.5. The zero-order valence-corrected chi connectivity index (χ0v) is 14.1. The van der Waals surface area contributed by atoms with E-state index >= 15 is 0 Å². The average Bonchev–Trinajstić information content (AvgIpc) is 3.04. The lowest BCUT2D eigenvalue weighted by atomic mass is 10.2. The van der Waals surface area contributed by atoms with Crippen molar-refractivity contribution in [2.24, 2.45) is 0 Å². The molecule has 1 saturated carbocycles. The summed E-state index contributed by atoms with van der Waals surface area (Å²) in [6, 6.07) is 5.07. The number of nitro groups is 1. The number of halogens is 2. The molecule has 3 rings (SSSR count). The smallest absolute Gasteiger partial charge is 0.353 e. The van der Waals surface area contributed by atoms with Crippen LogP contribution in [0.3, 0.4) is 0 Å². The zero-order valence-electron chi connectivity index (χ0n) is 12.6. The van der Waals surface area contributed by atoms with Crippen LogP contribution in [0, 0.1) is 10.1 Å². The molecule has 2 N–H and O–H groups in total. The highest BCUT2D eigenvalue weighted by molar-refractivity contribution is 6.42. The Balaban J connectivity index is 1.91. The maximum atomic E-state index is 11.5. The average molecular weight is 368 g/mol. The van der Waals surface area contributed by atoms with Crippen molar-refractivity contribution < 1.29 is 4.92 Å². The van der Waals surface area contributed by atoms with Crippen LogP contribution in [0.4, 0.5) is 23.0 Å².